The van der Waals surface area contributed by atoms with Gasteiger partial charge >= 0.3 is 0 Å². The quantitative estimate of drug-likeness (QED) is 0.593. The Kier molecular flexibility index (Phi) is 5.37. The van der Waals surface area contributed by atoms with Crippen LogP contribution < -0.4 is 15.8 Å². The summed E-state index contributed by atoms with van der Waals surface area (Å²) in [5.41, 5.74) is 4.87. The molecule has 0 spiro atoms. The van der Waals surface area contributed by atoms with Gasteiger partial charge in [0.15, 0.2) is 0 Å². The molecule has 0 aliphatic heterocycles. The van der Waals surface area contributed by atoms with E-state index >= 15 is 0 Å². The van der Waals surface area contributed by atoms with E-state index in [1.807, 2.05) is 20.8 Å². The van der Waals surface area contributed by atoms with E-state index < -0.39 is 15.3 Å². The molecule has 0 radical (unpaired) electrons. The van der Waals surface area contributed by atoms with Crippen LogP contribution in [0, 0.1) is 0 Å². The fourth-order valence-electron chi connectivity index (χ4n) is 0.898. The lowest BCUT2D eigenvalue weighted by Gasteiger charge is -2.21. The summed E-state index contributed by atoms with van der Waals surface area (Å²) in [7, 11) is -3.50. The Morgan fingerprint density at radius 2 is 1.88 bits per heavy atom. The highest BCUT2D eigenvalue weighted by Crippen LogP contribution is 1.98. The maximum atomic E-state index is 11.5. The highest BCUT2D eigenvalue weighted by molar-refractivity contribution is 7.90. The molecule has 0 heterocycles. The normalized spacial score (nSPS) is 14.6. The molecule has 0 saturated heterocycles. The van der Waals surface area contributed by atoms with Crippen molar-refractivity contribution >= 4 is 15.9 Å². The number of nitrogens with one attached hydrogen (secondary N) is 2. The lowest BCUT2D eigenvalue weighted by atomic mass is 10.1. The van der Waals surface area contributed by atoms with Gasteiger partial charge in [-0.2, -0.15) is 0 Å². The van der Waals surface area contributed by atoms with Crippen molar-refractivity contribution in [3.05, 3.63) is 0 Å². The molecule has 6 nitrogen and oxygen atoms in total. The standard InChI is InChI=1S/C9H21N3O3S/c1-7(5-10)16(14,15)11-6-8(13)12-9(2,3)4/h7,11H,5-6,10H2,1-4H3,(H,12,13). The summed E-state index contributed by atoms with van der Waals surface area (Å²) in [6.45, 7) is 6.72. The van der Waals surface area contributed by atoms with Crippen molar-refractivity contribution in [3.63, 3.8) is 0 Å². The minimum atomic E-state index is -3.50. The summed E-state index contributed by atoms with van der Waals surface area (Å²) >= 11 is 0. The van der Waals surface area contributed by atoms with E-state index in [2.05, 4.69) is 10.0 Å². The molecular weight excluding hydrogens is 230 g/mol. The van der Waals surface area contributed by atoms with Gasteiger partial charge in [0.1, 0.15) is 0 Å². The molecule has 1 amide bonds. The number of carbonyl (C=O) groups is 1. The summed E-state index contributed by atoms with van der Waals surface area (Å²) in [4.78, 5) is 11.3. The molecule has 1 unspecified atom stereocenters. The summed E-state index contributed by atoms with van der Waals surface area (Å²) < 4.78 is 25.1. The van der Waals surface area contributed by atoms with Crippen LogP contribution >= 0.6 is 0 Å². The van der Waals surface area contributed by atoms with Gasteiger partial charge in [0, 0.05) is 12.1 Å². The first-order valence-corrected chi connectivity index (χ1v) is 6.62. The van der Waals surface area contributed by atoms with E-state index in [1.165, 1.54) is 6.92 Å². The monoisotopic (exact) mass is 251 g/mol. The van der Waals surface area contributed by atoms with Crippen molar-refractivity contribution in [2.45, 2.75) is 38.5 Å². The molecule has 16 heavy (non-hydrogen) atoms. The van der Waals surface area contributed by atoms with E-state index in [-0.39, 0.29) is 24.5 Å². The Morgan fingerprint density at radius 1 is 1.38 bits per heavy atom. The van der Waals surface area contributed by atoms with E-state index in [1.54, 1.807) is 0 Å². The van der Waals surface area contributed by atoms with Crippen molar-refractivity contribution in [2.24, 2.45) is 5.73 Å². The molecular formula is C9H21N3O3S. The van der Waals surface area contributed by atoms with Crippen LogP contribution in [0.2, 0.25) is 0 Å². The topological polar surface area (TPSA) is 101 Å². The average Bonchev–Trinajstić information content (AvgIpc) is 2.11. The van der Waals surface area contributed by atoms with Crippen LogP contribution in [0.15, 0.2) is 0 Å². The van der Waals surface area contributed by atoms with Gasteiger partial charge in [-0.1, -0.05) is 0 Å². The molecule has 0 rings (SSSR count). The van der Waals surface area contributed by atoms with Crippen LogP contribution in [0.5, 0.6) is 0 Å². The molecule has 96 valence electrons. The predicted octanol–water partition coefficient (Wildman–Crippen LogP) is -0.832. The Balaban J connectivity index is 4.22. The second-order valence-corrected chi connectivity index (χ2v) is 6.89. The van der Waals surface area contributed by atoms with Crippen molar-refractivity contribution in [1.82, 2.24) is 10.0 Å². The smallest absolute Gasteiger partial charge is 0.235 e. The summed E-state index contributed by atoms with van der Waals surface area (Å²) in [5.74, 6) is -0.361. The Bertz CT molecular complexity index is 332. The molecule has 7 heteroatoms. The molecule has 0 bridgehead atoms. The third-order valence-corrected chi connectivity index (χ3v) is 3.61. The van der Waals surface area contributed by atoms with Gasteiger partial charge in [-0.05, 0) is 27.7 Å². The highest BCUT2D eigenvalue weighted by Gasteiger charge is 2.21. The van der Waals surface area contributed by atoms with Crippen molar-refractivity contribution in [3.8, 4) is 0 Å². The van der Waals surface area contributed by atoms with E-state index in [4.69, 9.17) is 5.73 Å². The zero-order valence-electron chi connectivity index (χ0n) is 10.2. The SMILES string of the molecule is CC(CN)S(=O)(=O)NCC(=O)NC(C)(C)C. The summed E-state index contributed by atoms with van der Waals surface area (Å²) in [6.07, 6.45) is 0. The Morgan fingerprint density at radius 3 is 2.25 bits per heavy atom. The summed E-state index contributed by atoms with van der Waals surface area (Å²) in [6, 6.07) is 0. The number of amides is 1. The second kappa shape index (κ2) is 5.60. The number of rotatable bonds is 5. The Labute approximate surface area is 97.0 Å². The molecule has 0 saturated carbocycles. The van der Waals surface area contributed by atoms with Crippen LogP contribution in [0.3, 0.4) is 0 Å². The van der Waals surface area contributed by atoms with Crippen LogP contribution in [0.1, 0.15) is 27.7 Å². The first kappa shape index (κ1) is 15.3. The van der Waals surface area contributed by atoms with Gasteiger partial charge < -0.3 is 11.1 Å². The average molecular weight is 251 g/mol. The summed E-state index contributed by atoms with van der Waals surface area (Å²) in [5, 5.41) is 1.95. The van der Waals surface area contributed by atoms with Crippen LogP contribution in [0.4, 0.5) is 0 Å². The van der Waals surface area contributed by atoms with E-state index in [0.717, 1.165) is 0 Å². The molecule has 0 aromatic heterocycles. The van der Waals surface area contributed by atoms with Crippen LogP contribution in [-0.4, -0.2) is 38.2 Å². The maximum Gasteiger partial charge on any atom is 0.235 e. The third-order valence-electron chi connectivity index (χ3n) is 1.81. The van der Waals surface area contributed by atoms with Crippen LogP contribution in [0.25, 0.3) is 0 Å². The van der Waals surface area contributed by atoms with Crippen LogP contribution in [-0.2, 0) is 14.8 Å². The first-order valence-electron chi connectivity index (χ1n) is 5.08. The van der Waals surface area contributed by atoms with Gasteiger partial charge in [0.2, 0.25) is 15.9 Å². The minimum Gasteiger partial charge on any atom is -0.350 e. The third kappa shape index (κ3) is 6.04. The number of hydrogen-bond donors (Lipinski definition) is 3. The molecule has 0 aromatic rings. The number of sulfonamides is 1. The zero-order valence-corrected chi connectivity index (χ0v) is 11.0. The molecule has 0 aromatic carbocycles. The predicted molar refractivity (Wildman–Crippen MR) is 63.3 cm³/mol. The molecule has 4 N–H and O–H groups in total. The molecule has 0 aliphatic carbocycles. The number of nitrogens with two attached hydrogens (primary N) is 1. The first-order chi connectivity index (χ1) is 7.08. The van der Waals surface area contributed by atoms with Crippen molar-refractivity contribution < 1.29 is 13.2 Å². The maximum absolute atomic E-state index is 11.5. The lowest BCUT2D eigenvalue weighted by Crippen LogP contribution is -2.47. The van der Waals surface area contributed by atoms with Gasteiger partial charge in [-0.3, -0.25) is 4.79 Å². The molecule has 0 aliphatic rings. The molecule has 1 atom stereocenters. The van der Waals surface area contributed by atoms with Gasteiger partial charge in [0.25, 0.3) is 0 Å². The largest absolute Gasteiger partial charge is 0.350 e. The zero-order chi connectivity index (χ0) is 13.0. The fourth-order valence-corrected chi connectivity index (χ4v) is 1.77. The van der Waals surface area contributed by atoms with Gasteiger partial charge in [-0.25, -0.2) is 13.1 Å². The van der Waals surface area contributed by atoms with E-state index in [9.17, 15) is 13.2 Å². The van der Waals surface area contributed by atoms with Gasteiger partial charge in [0.05, 0.1) is 11.8 Å². The minimum absolute atomic E-state index is 0.0240. The van der Waals surface area contributed by atoms with Crippen molar-refractivity contribution in [2.75, 3.05) is 13.1 Å². The number of carbonyl (C=O) groups excluding carboxylic acids is 1. The lowest BCUT2D eigenvalue weighted by molar-refractivity contribution is -0.121. The second-order valence-electron chi connectivity index (χ2n) is 4.71. The highest BCUT2D eigenvalue weighted by atomic mass is 32.2. The molecule has 0 fully saturated rings. The van der Waals surface area contributed by atoms with E-state index in [0.29, 0.717) is 0 Å². The number of hydrogen-bond acceptors (Lipinski definition) is 4. The fraction of sp³-hybridized carbons (Fsp3) is 0.889. The van der Waals surface area contributed by atoms with Crippen molar-refractivity contribution in [1.29, 1.82) is 0 Å². The van der Waals surface area contributed by atoms with Gasteiger partial charge in [-0.15, -0.1) is 0 Å². The Hall–Kier alpha value is -0.660.